The van der Waals surface area contributed by atoms with E-state index in [0.717, 1.165) is 40.6 Å². The Balaban J connectivity index is 1.37. The Morgan fingerprint density at radius 1 is 1.26 bits per heavy atom. The second kappa shape index (κ2) is 9.67. The van der Waals surface area contributed by atoms with E-state index in [2.05, 4.69) is 16.0 Å². The Labute approximate surface area is 197 Å². The summed E-state index contributed by atoms with van der Waals surface area (Å²) in [7, 11) is 1.66. The van der Waals surface area contributed by atoms with Crippen LogP contribution in [0.1, 0.15) is 24.0 Å². The molecule has 2 fully saturated rings. The fraction of sp³-hybridized carbons (Fsp3) is 0.346. The first-order chi connectivity index (χ1) is 16.6. The van der Waals surface area contributed by atoms with E-state index in [-0.39, 0.29) is 18.1 Å². The number of aromatic nitrogens is 2. The molecular weight excluding hydrogens is 432 g/mol. The summed E-state index contributed by atoms with van der Waals surface area (Å²) in [6.45, 7) is 2.60. The average Bonchev–Trinajstić information content (AvgIpc) is 3.26. The van der Waals surface area contributed by atoms with Crippen LogP contribution in [0.5, 0.6) is 5.75 Å². The van der Waals surface area contributed by atoms with E-state index in [9.17, 15) is 10.1 Å². The first kappa shape index (κ1) is 22.1. The third kappa shape index (κ3) is 4.53. The molecule has 0 unspecified atom stereocenters. The summed E-state index contributed by atoms with van der Waals surface area (Å²) in [6.07, 6.45) is 8.80. The molecule has 0 spiro atoms. The maximum atomic E-state index is 12.3. The summed E-state index contributed by atoms with van der Waals surface area (Å²) >= 11 is 0. The molecule has 0 saturated carbocycles. The molecule has 8 heteroatoms. The molecule has 0 aliphatic carbocycles. The average molecular weight is 459 g/mol. The summed E-state index contributed by atoms with van der Waals surface area (Å²) in [5, 5.41) is 10.6. The number of likely N-dealkylation sites (tertiary alicyclic amines) is 1. The van der Waals surface area contributed by atoms with Gasteiger partial charge in [-0.25, -0.2) is 4.98 Å². The van der Waals surface area contributed by atoms with Crippen molar-refractivity contribution in [1.82, 2.24) is 14.9 Å². The van der Waals surface area contributed by atoms with Crippen LogP contribution in [0.2, 0.25) is 0 Å². The predicted molar refractivity (Wildman–Crippen MR) is 127 cm³/mol. The monoisotopic (exact) mass is 458 g/mol. The van der Waals surface area contributed by atoms with Gasteiger partial charge in [-0.2, -0.15) is 5.26 Å². The van der Waals surface area contributed by atoms with E-state index < -0.39 is 0 Å². The molecule has 1 aromatic carbocycles. The van der Waals surface area contributed by atoms with Crippen LogP contribution in [0.4, 0.5) is 0 Å². The molecule has 2 aromatic heterocycles. The highest BCUT2D eigenvalue weighted by molar-refractivity contribution is 5.96. The molecule has 2 aliphatic rings. The van der Waals surface area contributed by atoms with E-state index >= 15 is 0 Å². The van der Waals surface area contributed by atoms with Gasteiger partial charge in [0.05, 0.1) is 24.9 Å². The van der Waals surface area contributed by atoms with Crippen molar-refractivity contribution in [2.24, 2.45) is 0 Å². The summed E-state index contributed by atoms with van der Waals surface area (Å²) < 4.78 is 16.7. The number of nitrogens with zero attached hydrogens (tertiary/aromatic N) is 3. The molecule has 2 saturated heterocycles. The number of nitriles is 1. The number of pyridine rings is 1. The lowest BCUT2D eigenvalue weighted by Crippen LogP contribution is -2.53. The number of hydrogen-bond donors (Lipinski definition) is 1. The number of carbonyl (C=O) groups excluding carboxylic acids is 1. The Kier molecular flexibility index (Phi) is 6.30. The van der Waals surface area contributed by atoms with Crippen LogP contribution in [-0.2, 0) is 14.3 Å². The van der Waals surface area contributed by atoms with Crippen molar-refractivity contribution in [3.8, 4) is 22.9 Å². The quantitative estimate of drug-likeness (QED) is 0.567. The van der Waals surface area contributed by atoms with Gasteiger partial charge in [0, 0.05) is 62.5 Å². The van der Waals surface area contributed by atoms with E-state index in [0.29, 0.717) is 37.6 Å². The van der Waals surface area contributed by atoms with Gasteiger partial charge in [0.15, 0.2) is 0 Å². The third-order valence-electron chi connectivity index (χ3n) is 6.34. The van der Waals surface area contributed by atoms with Crippen LogP contribution in [0.3, 0.4) is 0 Å². The number of aromatic amines is 1. The van der Waals surface area contributed by atoms with Crippen LogP contribution in [0.25, 0.3) is 28.2 Å². The molecule has 8 nitrogen and oxygen atoms in total. The summed E-state index contributed by atoms with van der Waals surface area (Å²) in [5.74, 6) is 0.557. The number of H-pyrrole nitrogens is 1. The van der Waals surface area contributed by atoms with Gasteiger partial charge in [-0.05, 0) is 35.4 Å². The van der Waals surface area contributed by atoms with Crippen molar-refractivity contribution in [3.63, 3.8) is 0 Å². The summed E-state index contributed by atoms with van der Waals surface area (Å²) in [5.41, 5.74) is 3.89. The molecule has 0 atom stereocenters. The standard InChI is InChI=1S/C26H26N4O4/c1-32-21-15-30(16-21)25(31)5-2-17-10-22-23(14-29-26(22)28-13-17)18-3-4-24(19(11-18)12-27)34-20-6-8-33-9-7-20/h2-5,10-11,13-14,20-21H,6-9,15-16H2,1H3,(H,28,29)/b5-2+. The van der Waals surface area contributed by atoms with Crippen molar-refractivity contribution >= 4 is 23.0 Å². The van der Waals surface area contributed by atoms with Crippen molar-refractivity contribution in [1.29, 1.82) is 5.26 Å². The molecule has 174 valence electrons. The lowest BCUT2D eigenvalue weighted by atomic mass is 10.0. The molecule has 0 bridgehead atoms. The first-order valence-electron chi connectivity index (χ1n) is 11.4. The van der Waals surface area contributed by atoms with Gasteiger partial charge >= 0.3 is 0 Å². The highest BCUT2D eigenvalue weighted by atomic mass is 16.5. The molecule has 1 N–H and O–H groups in total. The fourth-order valence-corrected chi connectivity index (χ4v) is 4.25. The van der Waals surface area contributed by atoms with Gasteiger partial charge in [0.2, 0.25) is 5.91 Å². The summed E-state index contributed by atoms with van der Waals surface area (Å²) in [6, 6.07) is 9.92. The molecule has 34 heavy (non-hydrogen) atoms. The number of amides is 1. The fourth-order valence-electron chi connectivity index (χ4n) is 4.25. The maximum Gasteiger partial charge on any atom is 0.246 e. The number of methoxy groups -OCH3 is 1. The van der Waals surface area contributed by atoms with E-state index in [1.54, 1.807) is 30.4 Å². The number of hydrogen-bond acceptors (Lipinski definition) is 6. The number of carbonyl (C=O) groups is 1. The van der Waals surface area contributed by atoms with Gasteiger partial charge in [0.1, 0.15) is 23.6 Å². The van der Waals surface area contributed by atoms with E-state index in [1.165, 1.54) is 0 Å². The Bertz CT molecular complexity index is 1260. The molecular formula is C26H26N4O4. The third-order valence-corrected chi connectivity index (χ3v) is 6.34. The van der Waals surface area contributed by atoms with E-state index in [4.69, 9.17) is 14.2 Å². The second-order valence-electron chi connectivity index (χ2n) is 8.55. The lowest BCUT2D eigenvalue weighted by molar-refractivity contribution is -0.137. The van der Waals surface area contributed by atoms with Crippen LogP contribution < -0.4 is 4.74 Å². The molecule has 2 aliphatic heterocycles. The van der Waals surface area contributed by atoms with Gasteiger partial charge < -0.3 is 24.1 Å². The highest BCUT2D eigenvalue weighted by Gasteiger charge is 2.29. The normalized spacial score (nSPS) is 17.1. The number of benzene rings is 1. The smallest absolute Gasteiger partial charge is 0.246 e. The Morgan fingerprint density at radius 2 is 2.09 bits per heavy atom. The number of nitrogens with one attached hydrogen (secondary N) is 1. The number of fused-ring (bicyclic) bond motifs is 1. The zero-order chi connectivity index (χ0) is 23.5. The van der Waals surface area contributed by atoms with E-state index in [1.807, 2.05) is 30.5 Å². The number of ether oxygens (including phenoxy) is 3. The maximum absolute atomic E-state index is 12.3. The van der Waals surface area contributed by atoms with Crippen LogP contribution >= 0.6 is 0 Å². The highest BCUT2D eigenvalue weighted by Crippen LogP contribution is 2.32. The van der Waals surface area contributed by atoms with Crippen LogP contribution in [0, 0.1) is 11.3 Å². The Morgan fingerprint density at radius 3 is 2.85 bits per heavy atom. The molecule has 0 radical (unpaired) electrons. The van der Waals surface area contributed by atoms with Crippen molar-refractivity contribution in [3.05, 3.63) is 53.9 Å². The Hall–Kier alpha value is -3.67. The summed E-state index contributed by atoms with van der Waals surface area (Å²) in [4.78, 5) is 21.7. The topological polar surface area (TPSA) is 100 Å². The van der Waals surface area contributed by atoms with Crippen LogP contribution in [0.15, 0.2) is 42.7 Å². The minimum absolute atomic E-state index is 0.0403. The SMILES string of the molecule is COC1CN(C(=O)/C=C/c2cnc3[nH]cc(-c4ccc(OC5CCOCC5)c(C#N)c4)c3c2)C1. The minimum atomic E-state index is -0.0403. The van der Waals surface area contributed by atoms with Gasteiger partial charge in [-0.1, -0.05) is 6.07 Å². The minimum Gasteiger partial charge on any atom is -0.489 e. The van der Waals surface area contributed by atoms with Crippen LogP contribution in [-0.4, -0.2) is 66.4 Å². The lowest BCUT2D eigenvalue weighted by Gasteiger charge is -2.37. The van der Waals surface area contributed by atoms with Gasteiger partial charge in [0.25, 0.3) is 0 Å². The van der Waals surface area contributed by atoms with Crippen molar-refractivity contribution in [2.45, 2.75) is 25.0 Å². The predicted octanol–water partition coefficient (Wildman–Crippen LogP) is 3.53. The second-order valence-corrected chi connectivity index (χ2v) is 8.55. The molecule has 3 aromatic rings. The molecule has 4 heterocycles. The first-order valence-corrected chi connectivity index (χ1v) is 11.4. The molecule has 1 amide bonds. The van der Waals surface area contributed by atoms with Gasteiger partial charge in [-0.15, -0.1) is 0 Å². The zero-order valence-corrected chi connectivity index (χ0v) is 19.0. The van der Waals surface area contributed by atoms with Crippen molar-refractivity contribution in [2.75, 3.05) is 33.4 Å². The van der Waals surface area contributed by atoms with Crippen molar-refractivity contribution < 1.29 is 19.0 Å². The molecule has 5 rings (SSSR count). The zero-order valence-electron chi connectivity index (χ0n) is 19.0. The number of rotatable bonds is 6. The van der Waals surface area contributed by atoms with Gasteiger partial charge in [-0.3, -0.25) is 4.79 Å². The largest absolute Gasteiger partial charge is 0.489 e.